The van der Waals surface area contributed by atoms with E-state index in [0.29, 0.717) is 6.04 Å². The number of benzene rings is 1. The first-order valence-electron chi connectivity index (χ1n) is 8.44. The first kappa shape index (κ1) is 16.6. The summed E-state index contributed by atoms with van der Waals surface area (Å²) in [7, 11) is 3.71. The number of pyridine rings is 1. The molecule has 2 aromatic rings. The molecule has 1 aliphatic rings. The van der Waals surface area contributed by atoms with Gasteiger partial charge in [-0.2, -0.15) is 0 Å². The lowest BCUT2D eigenvalue weighted by molar-refractivity contribution is 0.166. The van der Waals surface area contributed by atoms with Gasteiger partial charge < -0.3 is 15.4 Å². The quantitative estimate of drug-likeness (QED) is 0.791. The summed E-state index contributed by atoms with van der Waals surface area (Å²) in [4.78, 5) is 9.25. The molecule has 1 aromatic heterocycles. The number of hydrogen-bond donors (Lipinski definition) is 1. The number of rotatable bonds is 6. The summed E-state index contributed by atoms with van der Waals surface area (Å²) in [6.07, 6.45) is 1.88. The number of nitrogens with zero attached hydrogens (tertiary/aromatic N) is 3. The lowest BCUT2D eigenvalue weighted by Crippen LogP contribution is -2.59. The van der Waals surface area contributed by atoms with Gasteiger partial charge in [-0.25, -0.2) is 4.98 Å². The largest absolute Gasteiger partial charge is 0.497 e. The van der Waals surface area contributed by atoms with Crippen LogP contribution in [0.5, 0.6) is 5.75 Å². The Morgan fingerprint density at radius 1 is 1.33 bits per heavy atom. The van der Waals surface area contributed by atoms with Gasteiger partial charge in [0, 0.05) is 31.9 Å². The van der Waals surface area contributed by atoms with Gasteiger partial charge in [0.25, 0.3) is 0 Å². The molecule has 1 aliphatic heterocycles. The Morgan fingerprint density at radius 2 is 2.04 bits per heavy atom. The van der Waals surface area contributed by atoms with Crippen molar-refractivity contribution >= 4 is 24.8 Å². The van der Waals surface area contributed by atoms with Gasteiger partial charge >= 0.3 is 0 Å². The zero-order valence-electron chi connectivity index (χ0n) is 14.7. The fourth-order valence-electron chi connectivity index (χ4n) is 3.17. The van der Waals surface area contributed by atoms with Crippen molar-refractivity contribution in [3.8, 4) is 5.75 Å². The summed E-state index contributed by atoms with van der Waals surface area (Å²) in [5.41, 5.74) is 9.29. The second-order valence-corrected chi connectivity index (χ2v) is 6.40. The topological polar surface area (TPSA) is 54.6 Å². The van der Waals surface area contributed by atoms with E-state index in [1.165, 1.54) is 5.56 Å². The molecule has 24 heavy (non-hydrogen) atoms. The molecule has 0 bridgehead atoms. The summed E-state index contributed by atoms with van der Waals surface area (Å²) < 4.78 is 5.22. The standard InChI is InChI=1S/C18H25BN4O/c1-3-22(10-13-4-6-16(24-2)7-5-13)15-11-23(12-15)18-17(20)8-14(19)9-21-18/h4-9,15H,3,10-12,19-20H2,1-2H3. The van der Waals surface area contributed by atoms with E-state index in [1.54, 1.807) is 7.11 Å². The van der Waals surface area contributed by atoms with E-state index in [-0.39, 0.29) is 0 Å². The van der Waals surface area contributed by atoms with Gasteiger partial charge in [0.15, 0.2) is 5.82 Å². The lowest BCUT2D eigenvalue weighted by Gasteiger charge is -2.46. The molecule has 0 radical (unpaired) electrons. The normalized spacial score (nSPS) is 14.7. The van der Waals surface area contributed by atoms with Gasteiger partial charge in [-0.3, -0.25) is 4.90 Å². The lowest BCUT2D eigenvalue weighted by atomic mass is 9.98. The number of nitrogen functional groups attached to an aromatic ring is 1. The Labute approximate surface area is 144 Å². The molecule has 1 aromatic carbocycles. The Kier molecular flexibility index (Phi) is 4.95. The molecule has 5 nitrogen and oxygen atoms in total. The molecule has 0 aliphatic carbocycles. The summed E-state index contributed by atoms with van der Waals surface area (Å²) in [5, 5.41) is 0. The molecule has 0 unspecified atom stereocenters. The Balaban J connectivity index is 1.60. The summed E-state index contributed by atoms with van der Waals surface area (Å²) in [5.74, 6) is 1.81. The highest BCUT2D eigenvalue weighted by molar-refractivity contribution is 6.32. The van der Waals surface area contributed by atoms with E-state index in [2.05, 4.69) is 33.8 Å². The van der Waals surface area contributed by atoms with Crippen molar-refractivity contribution in [3.05, 3.63) is 42.1 Å². The summed E-state index contributed by atoms with van der Waals surface area (Å²) >= 11 is 0. The third kappa shape index (κ3) is 3.48. The minimum Gasteiger partial charge on any atom is -0.497 e. The number of anilines is 2. The molecule has 0 amide bonds. The van der Waals surface area contributed by atoms with Crippen molar-refractivity contribution < 1.29 is 4.74 Å². The minimum absolute atomic E-state index is 0.541. The first-order valence-corrected chi connectivity index (χ1v) is 8.44. The molecular formula is C18H25BN4O. The number of likely N-dealkylation sites (N-methyl/N-ethyl adjacent to an activating group) is 1. The summed E-state index contributed by atoms with van der Waals surface area (Å²) in [6, 6.07) is 10.8. The SMILES string of the molecule is Bc1cnc(N2CC(N(CC)Cc3ccc(OC)cc3)C2)c(N)c1. The number of aromatic nitrogens is 1. The molecule has 2 heterocycles. The average Bonchev–Trinajstić information content (AvgIpc) is 2.55. The van der Waals surface area contributed by atoms with Crippen molar-refractivity contribution in [2.75, 3.05) is 37.4 Å². The maximum atomic E-state index is 6.11. The number of nitrogens with two attached hydrogens (primary N) is 1. The van der Waals surface area contributed by atoms with Crippen molar-refractivity contribution in [1.29, 1.82) is 0 Å². The van der Waals surface area contributed by atoms with Crippen LogP contribution in [0.2, 0.25) is 0 Å². The minimum atomic E-state index is 0.541. The van der Waals surface area contributed by atoms with Gasteiger partial charge in [-0.1, -0.05) is 24.5 Å². The van der Waals surface area contributed by atoms with Crippen LogP contribution in [-0.2, 0) is 6.54 Å². The zero-order valence-corrected chi connectivity index (χ0v) is 14.7. The molecular weight excluding hydrogens is 299 g/mol. The molecule has 0 atom stereocenters. The van der Waals surface area contributed by atoms with Crippen LogP contribution in [0.25, 0.3) is 0 Å². The van der Waals surface area contributed by atoms with Crippen LogP contribution < -0.4 is 20.8 Å². The van der Waals surface area contributed by atoms with Crippen molar-refractivity contribution in [2.45, 2.75) is 19.5 Å². The molecule has 6 heteroatoms. The molecule has 0 saturated carbocycles. The molecule has 0 spiro atoms. The number of hydrogen-bond acceptors (Lipinski definition) is 5. The van der Waals surface area contributed by atoms with E-state index >= 15 is 0 Å². The van der Waals surface area contributed by atoms with Gasteiger partial charge in [0.2, 0.25) is 0 Å². The smallest absolute Gasteiger partial charge is 0.151 e. The van der Waals surface area contributed by atoms with Crippen LogP contribution in [0, 0.1) is 0 Å². The highest BCUT2D eigenvalue weighted by atomic mass is 16.5. The highest BCUT2D eigenvalue weighted by Crippen LogP contribution is 2.27. The number of methoxy groups -OCH3 is 1. The summed E-state index contributed by atoms with van der Waals surface area (Å²) in [6.45, 7) is 6.15. The maximum absolute atomic E-state index is 6.11. The van der Waals surface area contributed by atoms with Crippen LogP contribution in [-0.4, -0.2) is 50.5 Å². The fraction of sp³-hybridized carbons (Fsp3) is 0.389. The van der Waals surface area contributed by atoms with Gasteiger partial charge in [-0.05, 0) is 30.3 Å². The molecule has 126 valence electrons. The second-order valence-electron chi connectivity index (χ2n) is 6.40. The van der Waals surface area contributed by atoms with Gasteiger partial charge in [0.1, 0.15) is 13.6 Å². The van der Waals surface area contributed by atoms with Crippen LogP contribution in [0.4, 0.5) is 11.5 Å². The monoisotopic (exact) mass is 324 g/mol. The number of ether oxygens (including phenoxy) is 1. The van der Waals surface area contributed by atoms with E-state index in [1.807, 2.05) is 32.2 Å². The first-order chi connectivity index (χ1) is 11.6. The zero-order chi connectivity index (χ0) is 17.1. The van der Waals surface area contributed by atoms with E-state index < -0.39 is 0 Å². The second kappa shape index (κ2) is 7.13. The third-order valence-electron chi connectivity index (χ3n) is 4.66. The maximum Gasteiger partial charge on any atom is 0.151 e. The fourth-order valence-corrected chi connectivity index (χ4v) is 3.17. The third-order valence-corrected chi connectivity index (χ3v) is 4.66. The average molecular weight is 324 g/mol. The molecule has 3 rings (SSSR count). The van der Waals surface area contributed by atoms with E-state index in [9.17, 15) is 0 Å². The van der Waals surface area contributed by atoms with E-state index in [4.69, 9.17) is 10.5 Å². The van der Waals surface area contributed by atoms with Crippen LogP contribution in [0.1, 0.15) is 12.5 Å². The van der Waals surface area contributed by atoms with Crippen LogP contribution in [0.15, 0.2) is 36.5 Å². The Bertz CT molecular complexity index is 686. The molecule has 1 saturated heterocycles. The van der Waals surface area contributed by atoms with Crippen LogP contribution in [0.3, 0.4) is 0 Å². The van der Waals surface area contributed by atoms with Crippen molar-refractivity contribution in [1.82, 2.24) is 9.88 Å². The van der Waals surface area contributed by atoms with Crippen LogP contribution >= 0.6 is 0 Å². The predicted molar refractivity (Wildman–Crippen MR) is 102 cm³/mol. The Morgan fingerprint density at radius 3 is 2.62 bits per heavy atom. The predicted octanol–water partition coefficient (Wildman–Crippen LogP) is 0.642. The van der Waals surface area contributed by atoms with Crippen molar-refractivity contribution in [2.24, 2.45) is 0 Å². The van der Waals surface area contributed by atoms with Crippen molar-refractivity contribution in [3.63, 3.8) is 0 Å². The Hall–Kier alpha value is -2.21. The van der Waals surface area contributed by atoms with Gasteiger partial charge in [0.05, 0.1) is 12.8 Å². The molecule has 2 N–H and O–H groups in total. The highest BCUT2D eigenvalue weighted by Gasteiger charge is 2.32. The van der Waals surface area contributed by atoms with Gasteiger partial charge in [-0.15, -0.1) is 0 Å². The molecule has 1 fully saturated rings. The van der Waals surface area contributed by atoms with E-state index in [0.717, 1.165) is 48.9 Å².